The van der Waals surface area contributed by atoms with E-state index in [1.54, 1.807) is 17.3 Å². The lowest BCUT2D eigenvalue weighted by Gasteiger charge is -2.31. The molecule has 2 aromatic heterocycles. The Morgan fingerprint density at radius 1 is 1.20 bits per heavy atom. The number of amides is 1. The van der Waals surface area contributed by atoms with Crippen LogP contribution in [0.1, 0.15) is 59.4 Å². The number of piperidine rings is 1. The van der Waals surface area contributed by atoms with Crippen LogP contribution in [-0.2, 0) is 9.47 Å². The first-order chi connectivity index (χ1) is 14.3. The average molecular weight is 417 g/mol. The minimum atomic E-state index is -0.561. The van der Waals surface area contributed by atoms with Gasteiger partial charge in [0, 0.05) is 31.0 Å². The zero-order valence-electron chi connectivity index (χ0n) is 18.3. The van der Waals surface area contributed by atoms with Gasteiger partial charge >= 0.3 is 12.2 Å². The lowest BCUT2D eigenvalue weighted by atomic mass is 10.1. The van der Waals surface area contributed by atoms with Crippen LogP contribution >= 0.6 is 0 Å². The maximum Gasteiger partial charge on any atom is 0.418 e. The number of ether oxygens (including phenoxy) is 2. The summed E-state index contributed by atoms with van der Waals surface area (Å²) in [6, 6.07) is 3.91. The van der Waals surface area contributed by atoms with Crippen molar-refractivity contribution in [3.63, 3.8) is 0 Å². The maximum atomic E-state index is 12.5. The predicted octanol–water partition coefficient (Wildman–Crippen LogP) is 4.71. The average Bonchev–Trinajstić information content (AvgIpc) is 3.36. The summed E-state index contributed by atoms with van der Waals surface area (Å²) in [6.07, 6.45) is 8.32. The smallest absolute Gasteiger partial charge is 0.418 e. The molecule has 1 amide bonds. The molecule has 0 unspecified atom stereocenters. The van der Waals surface area contributed by atoms with Gasteiger partial charge in [0.1, 0.15) is 5.60 Å². The molecule has 1 fully saturated rings. The number of carbonyl (C=O) groups excluding carboxylic acids is 2. The van der Waals surface area contributed by atoms with Crippen molar-refractivity contribution in [3.8, 4) is 11.3 Å². The van der Waals surface area contributed by atoms with E-state index in [9.17, 15) is 9.59 Å². The first-order valence-corrected chi connectivity index (χ1v) is 10.7. The highest BCUT2D eigenvalue weighted by Gasteiger charge is 2.26. The molecular weight excluding hydrogens is 384 g/mol. The van der Waals surface area contributed by atoms with Crippen molar-refractivity contribution in [1.29, 1.82) is 0 Å². The molecule has 2 aromatic rings. The van der Waals surface area contributed by atoms with Crippen LogP contribution in [-0.4, -0.2) is 56.7 Å². The quantitative estimate of drug-likeness (QED) is 0.660. The molecule has 8 heteroatoms. The van der Waals surface area contributed by atoms with E-state index in [-0.39, 0.29) is 12.1 Å². The summed E-state index contributed by atoms with van der Waals surface area (Å²) in [5.74, 6) is 0. The van der Waals surface area contributed by atoms with Crippen LogP contribution in [0.5, 0.6) is 0 Å². The van der Waals surface area contributed by atoms with E-state index < -0.39 is 11.7 Å². The lowest BCUT2D eigenvalue weighted by molar-refractivity contribution is 0.0540. The zero-order chi connectivity index (χ0) is 21.7. The van der Waals surface area contributed by atoms with Gasteiger partial charge in [0.2, 0.25) is 0 Å². The fraction of sp³-hybridized carbons (Fsp3) is 0.591. The standard InChI is InChI=1S/C22H32N4O4/c1-5-6-14-29-20(27)24-12-9-18(10-13-24)26-16-17(15-23-26)19-8-7-11-25(19)21(28)30-22(2,3)4/h7-8,11,15-16,18H,5-6,9-10,12-14H2,1-4H3. The van der Waals surface area contributed by atoms with Gasteiger partial charge in [-0.25, -0.2) is 9.59 Å². The minimum absolute atomic E-state index is 0.211. The number of unbranched alkanes of at least 4 members (excludes halogenated alkanes) is 1. The number of hydrogen-bond acceptors (Lipinski definition) is 5. The summed E-state index contributed by atoms with van der Waals surface area (Å²) in [5, 5.41) is 4.52. The molecule has 8 nitrogen and oxygen atoms in total. The Morgan fingerprint density at radius 2 is 1.93 bits per heavy atom. The molecule has 164 valence electrons. The van der Waals surface area contributed by atoms with E-state index in [4.69, 9.17) is 9.47 Å². The molecule has 1 aliphatic heterocycles. The van der Waals surface area contributed by atoms with E-state index in [0.717, 1.165) is 36.9 Å². The van der Waals surface area contributed by atoms with Gasteiger partial charge in [-0.1, -0.05) is 13.3 Å². The second kappa shape index (κ2) is 9.36. The molecule has 0 N–H and O–H groups in total. The van der Waals surface area contributed by atoms with Gasteiger partial charge in [-0.05, 0) is 52.2 Å². The van der Waals surface area contributed by atoms with Crippen molar-refractivity contribution in [2.75, 3.05) is 19.7 Å². The highest BCUT2D eigenvalue weighted by atomic mass is 16.6. The van der Waals surface area contributed by atoms with E-state index in [1.165, 1.54) is 4.57 Å². The lowest BCUT2D eigenvalue weighted by Crippen LogP contribution is -2.39. The molecule has 0 saturated carbocycles. The summed E-state index contributed by atoms with van der Waals surface area (Å²) in [7, 11) is 0. The molecule has 0 spiro atoms. The summed E-state index contributed by atoms with van der Waals surface area (Å²) in [4.78, 5) is 26.4. The van der Waals surface area contributed by atoms with Crippen molar-refractivity contribution in [3.05, 3.63) is 30.7 Å². The molecule has 1 saturated heterocycles. The van der Waals surface area contributed by atoms with Crippen LogP contribution in [0.15, 0.2) is 30.7 Å². The van der Waals surface area contributed by atoms with Gasteiger partial charge < -0.3 is 14.4 Å². The van der Waals surface area contributed by atoms with Crippen LogP contribution in [0.25, 0.3) is 11.3 Å². The largest absolute Gasteiger partial charge is 0.449 e. The van der Waals surface area contributed by atoms with Gasteiger partial charge in [0.15, 0.2) is 0 Å². The summed E-state index contributed by atoms with van der Waals surface area (Å²) < 4.78 is 14.2. The van der Waals surface area contributed by atoms with Crippen molar-refractivity contribution in [2.24, 2.45) is 0 Å². The number of carbonyl (C=O) groups is 2. The first kappa shape index (κ1) is 21.9. The Balaban J connectivity index is 1.61. The molecular formula is C22H32N4O4. The third-order valence-electron chi connectivity index (χ3n) is 5.06. The molecule has 0 atom stereocenters. The van der Waals surface area contributed by atoms with Crippen LogP contribution in [0.4, 0.5) is 9.59 Å². The molecule has 30 heavy (non-hydrogen) atoms. The Morgan fingerprint density at radius 3 is 2.60 bits per heavy atom. The number of aromatic nitrogens is 3. The Labute approximate surface area is 177 Å². The van der Waals surface area contributed by atoms with Gasteiger partial charge in [0.25, 0.3) is 0 Å². The van der Waals surface area contributed by atoms with E-state index in [1.807, 2.05) is 43.8 Å². The second-order valence-electron chi connectivity index (χ2n) is 8.64. The number of hydrogen-bond donors (Lipinski definition) is 0. The zero-order valence-corrected chi connectivity index (χ0v) is 18.3. The molecule has 0 aliphatic carbocycles. The molecule has 0 bridgehead atoms. The second-order valence-corrected chi connectivity index (χ2v) is 8.64. The fourth-order valence-corrected chi connectivity index (χ4v) is 3.46. The third kappa shape index (κ3) is 5.43. The number of nitrogens with zero attached hydrogens (tertiary/aromatic N) is 4. The first-order valence-electron chi connectivity index (χ1n) is 10.7. The van der Waals surface area contributed by atoms with Crippen molar-refractivity contribution in [2.45, 2.75) is 65.0 Å². The Bertz CT molecular complexity index is 857. The summed E-state index contributed by atoms with van der Waals surface area (Å²) in [6.45, 7) is 9.39. The normalized spacial score (nSPS) is 15.3. The predicted molar refractivity (Wildman–Crippen MR) is 113 cm³/mol. The molecule has 3 heterocycles. The van der Waals surface area contributed by atoms with Gasteiger partial charge in [0.05, 0.1) is 24.5 Å². The van der Waals surface area contributed by atoms with Gasteiger partial charge in [-0.15, -0.1) is 0 Å². The van der Waals surface area contributed by atoms with Gasteiger partial charge in [-0.3, -0.25) is 9.25 Å². The van der Waals surface area contributed by atoms with Gasteiger partial charge in [-0.2, -0.15) is 5.10 Å². The van der Waals surface area contributed by atoms with Crippen LogP contribution < -0.4 is 0 Å². The van der Waals surface area contributed by atoms with Crippen molar-refractivity contribution in [1.82, 2.24) is 19.2 Å². The monoisotopic (exact) mass is 416 g/mol. The highest BCUT2D eigenvalue weighted by molar-refractivity contribution is 5.78. The number of rotatable bonds is 5. The Hall–Kier alpha value is -2.77. The van der Waals surface area contributed by atoms with Crippen LogP contribution in [0, 0.1) is 0 Å². The van der Waals surface area contributed by atoms with E-state index >= 15 is 0 Å². The van der Waals surface area contributed by atoms with Crippen molar-refractivity contribution >= 4 is 12.2 Å². The maximum absolute atomic E-state index is 12.5. The molecule has 1 aliphatic rings. The highest BCUT2D eigenvalue weighted by Crippen LogP contribution is 2.26. The van der Waals surface area contributed by atoms with Crippen LogP contribution in [0.3, 0.4) is 0 Å². The molecule has 3 rings (SSSR count). The number of likely N-dealkylation sites (tertiary alicyclic amines) is 1. The topological polar surface area (TPSA) is 78.6 Å². The molecule has 0 aromatic carbocycles. The summed E-state index contributed by atoms with van der Waals surface area (Å²) in [5.41, 5.74) is 1.04. The Kier molecular flexibility index (Phi) is 6.84. The third-order valence-corrected chi connectivity index (χ3v) is 5.06. The SMILES string of the molecule is CCCCOC(=O)N1CCC(n2cc(-c3cccn3C(=O)OC(C)(C)C)cn2)CC1. The van der Waals surface area contributed by atoms with E-state index in [2.05, 4.69) is 12.0 Å². The minimum Gasteiger partial charge on any atom is -0.449 e. The molecule has 0 radical (unpaired) electrons. The fourth-order valence-electron chi connectivity index (χ4n) is 3.46. The van der Waals surface area contributed by atoms with Crippen LogP contribution in [0.2, 0.25) is 0 Å². The van der Waals surface area contributed by atoms with Crippen molar-refractivity contribution < 1.29 is 19.1 Å². The van der Waals surface area contributed by atoms with E-state index in [0.29, 0.717) is 19.7 Å². The summed E-state index contributed by atoms with van der Waals surface area (Å²) >= 11 is 0.